The van der Waals surface area contributed by atoms with E-state index in [-0.39, 0.29) is 25.9 Å². The van der Waals surface area contributed by atoms with Gasteiger partial charge in [-0.2, -0.15) is 4.98 Å². The van der Waals surface area contributed by atoms with Gasteiger partial charge in [-0.05, 0) is 0 Å². The lowest BCUT2D eigenvalue weighted by Gasteiger charge is -2.17. The van der Waals surface area contributed by atoms with Crippen molar-refractivity contribution in [1.82, 2.24) is 19.5 Å². The summed E-state index contributed by atoms with van der Waals surface area (Å²) in [6, 6.07) is 0. The number of ether oxygens (including phenoxy) is 3. The number of carbonyl (C=O) groups excluding carboxylic acids is 2. The van der Waals surface area contributed by atoms with Gasteiger partial charge >= 0.3 is 11.9 Å². The molecule has 10 heteroatoms. The van der Waals surface area contributed by atoms with E-state index in [1.54, 1.807) is 4.57 Å². The first-order chi connectivity index (χ1) is 11.0. The summed E-state index contributed by atoms with van der Waals surface area (Å²) in [5, 5.41) is 0. The van der Waals surface area contributed by atoms with Crippen LogP contribution in [0.3, 0.4) is 0 Å². The van der Waals surface area contributed by atoms with Crippen LogP contribution in [0.15, 0.2) is 12.5 Å². The predicted octanol–water partition coefficient (Wildman–Crippen LogP) is -0.123. The van der Waals surface area contributed by atoms with Crippen LogP contribution >= 0.6 is 0 Å². The third kappa shape index (κ3) is 4.88. The molecule has 2 rings (SSSR count). The van der Waals surface area contributed by atoms with Gasteiger partial charge in [-0.3, -0.25) is 14.2 Å². The fourth-order valence-corrected chi connectivity index (χ4v) is 1.81. The van der Waals surface area contributed by atoms with E-state index in [9.17, 15) is 9.59 Å². The topological polar surface area (TPSA) is 131 Å². The van der Waals surface area contributed by atoms with Gasteiger partial charge in [0.05, 0.1) is 19.1 Å². The first-order valence-corrected chi connectivity index (χ1v) is 6.77. The Bertz CT molecular complexity index is 701. The summed E-state index contributed by atoms with van der Waals surface area (Å²) < 4.78 is 16.9. The van der Waals surface area contributed by atoms with Crippen molar-refractivity contribution in [2.75, 3.05) is 18.9 Å². The number of nitrogens with two attached hydrogens (primary N) is 1. The van der Waals surface area contributed by atoms with Gasteiger partial charge in [-0.1, -0.05) is 0 Å². The van der Waals surface area contributed by atoms with Gasteiger partial charge in [0.2, 0.25) is 5.95 Å². The molecule has 124 valence electrons. The van der Waals surface area contributed by atoms with Crippen molar-refractivity contribution in [1.29, 1.82) is 0 Å². The number of nitrogen functional groups attached to an aromatic ring is 1. The lowest BCUT2D eigenvalue weighted by molar-refractivity contribution is -0.160. The number of hydrogen-bond donors (Lipinski definition) is 1. The highest BCUT2D eigenvalue weighted by molar-refractivity contribution is 5.70. The molecule has 0 saturated heterocycles. The van der Waals surface area contributed by atoms with Gasteiger partial charge in [-0.15, -0.1) is 0 Å². The average Bonchev–Trinajstić information content (AvgIpc) is 2.86. The Morgan fingerprint density at radius 2 is 2.04 bits per heavy atom. The number of imidazole rings is 1. The van der Waals surface area contributed by atoms with Gasteiger partial charge in [0.15, 0.2) is 11.8 Å². The molecular formula is C13H17N5O5. The summed E-state index contributed by atoms with van der Waals surface area (Å²) in [5.74, 6) is -0.818. The Morgan fingerprint density at radius 1 is 1.26 bits per heavy atom. The van der Waals surface area contributed by atoms with E-state index in [4.69, 9.17) is 19.9 Å². The molecule has 0 spiro atoms. The van der Waals surface area contributed by atoms with Gasteiger partial charge in [-0.25, -0.2) is 9.97 Å². The van der Waals surface area contributed by atoms with E-state index < -0.39 is 18.0 Å². The maximum atomic E-state index is 11.0. The summed E-state index contributed by atoms with van der Waals surface area (Å²) in [7, 11) is 0. The molecule has 0 bridgehead atoms. The molecule has 0 aromatic carbocycles. The van der Waals surface area contributed by atoms with Crippen molar-refractivity contribution in [2.24, 2.45) is 0 Å². The number of fused-ring (bicyclic) bond motifs is 1. The Labute approximate surface area is 131 Å². The second-order valence-electron chi connectivity index (χ2n) is 4.69. The minimum atomic E-state index is -0.689. The molecule has 2 N–H and O–H groups in total. The highest BCUT2D eigenvalue weighted by Gasteiger charge is 2.15. The highest BCUT2D eigenvalue weighted by atomic mass is 16.6. The number of aromatic nitrogens is 4. The molecule has 2 aromatic heterocycles. The standard InChI is InChI=1S/C13H17N5O5/c1-8(19)22-5-10(23-9(2)20)4-21-7-18-6-16-11-3-15-13(14)17-12(11)18/h3,6,10H,4-5,7H2,1-2H3,(H2,14,15,17). The maximum Gasteiger partial charge on any atom is 0.303 e. The summed E-state index contributed by atoms with van der Waals surface area (Å²) in [5.41, 5.74) is 6.65. The molecule has 0 fully saturated rings. The molecule has 0 aliphatic rings. The number of esters is 2. The van der Waals surface area contributed by atoms with Gasteiger partial charge in [0.25, 0.3) is 0 Å². The number of carbonyl (C=O) groups is 2. The number of rotatable bonds is 7. The van der Waals surface area contributed by atoms with E-state index in [2.05, 4.69) is 15.0 Å². The van der Waals surface area contributed by atoms with Crippen LogP contribution in [0.4, 0.5) is 5.95 Å². The van der Waals surface area contributed by atoms with Crippen molar-refractivity contribution in [3.8, 4) is 0 Å². The smallest absolute Gasteiger partial charge is 0.303 e. The Balaban J connectivity index is 1.93. The van der Waals surface area contributed by atoms with E-state index >= 15 is 0 Å². The van der Waals surface area contributed by atoms with Crippen molar-refractivity contribution in [3.63, 3.8) is 0 Å². The zero-order chi connectivity index (χ0) is 16.8. The lowest BCUT2D eigenvalue weighted by Crippen LogP contribution is -2.29. The van der Waals surface area contributed by atoms with Crippen LogP contribution in [0.2, 0.25) is 0 Å². The molecule has 10 nitrogen and oxygen atoms in total. The Hall–Kier alpha value is -2.75. The summed E-state index contributed by atoms with van der Waals surface area (Å²) in [4.78, 5) is 33.9. The minimum Gasteiger partial charge on any atom is -0.462 e. The monoisotopic (exact) mass is 323 g/mol. The molecule has 2 heterocycles. The van der Waals surface area contributed by atoms with Crippen molar-refractivity contribution in [3.05, 3.63) is 12.5 Å². The molecular weight excluding hydrogens is 306 g/mol. The third-order valence-corrected chi connectivity index (χ3v) is 2.72. The molecule has 1 atom stereocenters. The Kier molecular flexibility index (Phi) is 5.41. The Morgan fingerprint density at radius 3 is 2.74 bits per heavy atom. The van der Waals surface area contributed by atoms with Crippen molar-refractivity contribution in [2.45, 2.75) is 26.7 Å². The van der Waals surface area contributed by atoms with Gasteiger partial charge in [0.1, 0.15) is 18.9 Å². The quantitative estimate of drug-likeness (QED) is 0.692. The highest BCUT2D eigenvalue weighted by Crippen LogP contribution is 2.10. The van der Waals surface area contributed by atoms with Crippen LogP contribution < -0.4 is 5.73 Å². The largest absolute Gasteiger partial charge is 0.462 e. The minimum absolute atomic E-state index is 0.0487. The normalized spacial score (nSPS) is 12.1. The predicted molar refractivity (Wildman–Crippen MR) is 77.9 cm³/mol. The number of nitrogens with zero attached hydrogens (tertiary/aromatic N) is 4. The van der Waals surface area contributed by atoms with Crippen LogP contribution in [-0.4, -0.2) is 50.8 Å². The van der Waals surface area contributed by atoms with E-state index in [0.717, 1.165) is 0 Å². The van der Waals surface area contributed by atoms with Crippen LogP contribution in [0.1, 0.15) is 13.8 Å². The van der Waals surface area contributed by atoms with Crippen molar-refractivity contribution >= 4 is 29.1 Å². The van der Waals surface area contributed by atoms with E-state index in [0.29, 0.717) is 11.2 Å². The summed E-state index contributed by atoms with van der Waals surface area (Å²) in [6.45, 7) is 2.63. The van der Waals surface area contributed by atoms with Gasteiger partial charge in [0, 0.05) is 13.8 Å². The fourth-order valence-electron chi connectivity index (χ4n) is 1.81. The number of anilines is 1. The van der Waals surface area contributed by atoms with Crippen LogP contribution in [0.5, 0.6) is 0 Å². The van der Waals surface area contributed by atoms with E-state index in [1.165, 1.54) is 26.4 Å². The zero-order valence-corrected chi connectivity index (χ0v) is 12.8. The SMILES string of the molecule is CC(=O)OCC(COCn1cnc2cnc(N)nc21)OC(C)=O. The first-order valence-electron chi connectivity index (χ1n) is 6.77. The summed E-state index contributed by atoms with van der Waals surface area (Å²) >= 11 is 0. The van der Waals surface area contributed by atoms with Crippen LogP contribution in [0.25, 0.3) is 11.2 Å². The molecule has 0 aliphatic heterocycles. The molecule has 0 amide bonds. The second-order valence-corrected chi connectivity index (χ2v) is 4.69. The van der Waals surface area contributed by atoms with Crippen LogP contribution in [0, 0.1) is 0 Å². The van der Waals surface area contributed by atoms with Crippen molar-refractivity contribution < 1.29 is 23.8 Å². The second kappa shape index (κ2) is 7.49. The van der Waals surface area contributed by atoms with Gasteiger partial charge < -0.3 is 19.9 Å². The molecule has 0 radical (unpaired) electrons. The average molecular weight is 323 g/mol. The molecule has 1 unspecified atom stereocenters. The molecule has 0 aliphatic carbocycles. The number of hydrogen-bond acceptors (Lipinski definition) is 9. The van der Waals surface area contributed by atoms with E-state index in [1.807, 2.05) is 0 Å². The molecule has 2 aromatic rings. The molecule has 0 saturated carbocycles. The zero-order valence-electron chi connectivity index (χ0n) is 12.8. The lowest BCUT2D eigenvalue weighted by atomic mass is 10.4. The maximum absolute atomic E-state index is 11.0. The van der Waals surface area contributed by atoms with Crippen LogP contribution in [-0.2, 0) is 30.5 Å². The fraction of sp³-hybridized carbons (Fsp3) is 0.462. The summed E-state index contributed by atoms with van der Waals surface area (Å²) in [6.07, 6.45) is 2.35. The molecule has 23 heavy (non-hydrogen) atoms. The third-order valence-electron chi connectivity index (χ3n) is 2.72. The first kappa shape index (κ1) is 16.6.